The van der Waals surface area contributed by atoms with Crippen LogP contribution in [0.15, 0.2) is 4.79 Å². The molecule has 0 bridgehead atoms. The molecule has 0 spiro atoms. The number of aromatic nitrogens is 2. The van der Waals surface area contributed by atoms with Gasteiger partial charge in [0, 0.05) is 31.9 Å². The van der Waals surface area contributed by atoms with Crippen LogP contribution in [0.4, 0.5) is 0 Å². The van der Waals surface area contributed by atoms with Crippen molar-refractivity contribution in [1.82, 2.24) is 14.5 Å². The van der Waals surface area contributed by atoms with E-state index >= 15 is 0 Å². The first kappa shape index (κ1) is 13.4. The predicted molar refractivity (Wildman–Crippen MR) is 69.3 cm³/mol. The van der Waals surface area contributed by atoms with Gasteiger partial charge in [-0.05, 0) is 13.8 Å². The van der Waals surface area contributed by atoms with Crippen LogP contribution in [0.1, 0.15) is 31.3 Å². The van der Waals surface area contributed by atoms with Gasteiger partial charge in [-0.15, -0.1) is 0 Å². The van der Waals surface area contributed by atoms with E-state index in [2.05, 4.69) is 5.32 Å². The third kappa shape index (κ3) is 2.37. The van der Waals surface area contributed by atoms with Gasteiger partial charge in [0.1, 0.15) is 0 Å². The first-order valence-corrected chi connectivity index (χ1v) is 8.08. The van der Waals surface area contributed by atoms with E-state index < -0.39 is 9.84 Å². The molecule has 102 valence electrons. The lowest BCUT2D eigenvalue weighted by Crippen LogP contribution is -2.34. The van der Waals surface area contributed by atoms with E-state index in [9.17, 15) is 13.2 Å². The number of hydrogen-bond donors (Lipinski definition) is 1. The summed E-state index contributed by atoms with van der Waals surface area (Å²) in [4.78, 5) is 12.3. The lowest BCUT2D eigenvalue weighted by molar-refractivity contribution is 0.493. The summed E-state index contributed by atoms with van der Waals surface area (Å²) >= 11 is 0. The highest BCUT2D eigenvalue weighted by Crippen LogP contribution is 2.17. The molecular formula is C11H19N3O3S. The first-order chi connectivity index (χ1) is 8.31. The second-order valence-corrected chi connectivity index (χ2v) is 7.18. The molecule has 6 nitrogen and oxygen atoms in total. The van der Waals surface area contributed by atoms with E-state index in [1.807, 2.05) is 13.8 Å². The molecule has 0 radical (unpaired) electrons. The van der Waals surface area contributed by atoms with Crippen LogP contribution in [0.3, 0.4) is 0 Å². The summed E-state index contributed by atoms with van der Waals surface area (Å²) < 4.78 is 26.3. The van der Waals surface area contributed by atoms with Crippen LogP contribution in [-0.2, 0) is 28.7 Å². The Kier molecular flexibility index (Phi) is 3.37. The van der Waals surface area contributed by atoms with Crippen molar-refractivity contribution in [1.29, 1.82) is 0 Å². The molecule has 0 aromatic carbocycles. The number of nitrogens with zero attached hydrogens (tertiary/aromatic N) is 2. The highest BCUT2D eigenvalue weighted by Gasteiger charge is 2.25. The zero-order chi connectivity index (χ0) is 13.5. The Morgan fingerprint density at radius 2 is 2.06 bits per heavy atom. The normalized spacial score (nSPS) is 16.0. The summed E-state index contributed by atoms with van der Waals surface area (Å²) in [5.74, 6) is -0.0789. The Balaban J connectivity index is 2.65. The fourth-order valence-corrected chi connectivity index (χ4v) is 3.22. The van der Waals surface area contributed by atoms with Crippen LogP contribution in [0, 0.1) is 0 Å². The third-order valence-electron chi connectivity index (χ3n) is 3.11. The molecule has 1 aliphatic heterocycles. The average molecular weight is 273 g/mol. The monoisotopic (exact) mass is 273 g/mol. The van der Waals surface area contributed by atoms with Gasteiger partial charge in [0.15, 0.2) is 9.84 Å². The molecule has 0 amide bonds. The van der Waals surface area contributed by atoms with Gasteiger partial charge in [-0.2, -0.15) is 0 Å². The average Bonchev–Trinajstić information content (AvgIpc) is 2.51. The summed E-state index contributed by atoms with van der Waals surface area (Å²) in [6, 6.07) is -0.0349. The fourth-order valence-electron chi connectivity index (χ4n) is 2.42. The molecule has 1 N–H and O–H groups in total. The summed E-state index contributed by atoms with van der Waals surface area (Å²) in [6.45, 7) is 5.69. The summed E-state index contributed by atoms with van der Waals surface area (Å²) in [6.07, 6.45) is 1.20. The van der Waals surface area contributed by atoms with Crippen LogP contribution < -0.4 is 11.0 Å². The minimum absolute atomic E-state index is 0.0349. The van der Waals surface area contributed by atoms with Crippen molar-refractivity contribution >= 4 is 9.84 Å². The van der Waals surface area contributed by atoms with Gasteiger partial charge in [-0.1, -0.05) is 0 Å². The molecule has 0 saturated carbocycles. The summed E-state index contributed by atoms with van der Waals surface area (Å²) in [5.41, 5.74) is 1.34. The van der Waals surface area contributed by atoms with Gasteiger partial charge in [0.05, 0.1) is 17.1 Å². The molecule has 7 heteroatoms. The Morgan fingerprint density at radius 1 is 1.39 bits per heavy atom. The number of fused-ring (bicyclic) bond motifs is 1. The van der Waals surface area contributed by atoms with E-state index in [4.69, 9.17) is 0 Å². The number of hydrogen-bond acceptors (Lipinski definition) is 4. The molecule has 18 heavy (non-hydrogen) atoms. The largest absolute Gasteiger partial charge is 0.328 e. The molecule has 1 aromatic heterocycles. The maximum Gasteiger partial charge on any atom is 0.328 e. The molecule has 0 atom stereocenters. The van der Waals surface area contributed by atoms with Crippen LogP contribution in [-0.4, -0.2) is 30.4 Å². The Morgan fingerprint density at radius 3 is 2.61 bits per heavy atom. The summed E-state index contributed by atoms with van der Waals surface area (Å²) in [7, 11) is -3.15. The SMILES string of the molecule is CC(C)n1c(CS(C)(=O)=O)c2n(c1=O)CCNC2. The van der Waals surface area contributed by atoms with Gasteiger partial charge in [0.2, 0.25) is 0 Å². The highest BCUT2D eigenvalue weighted by molar-refractivity contribution is 7.89. The molecule has 0 fully saturated rings. The smallest absolute Gasteiger partial charge is 0.309 e. The van der Waals surface area contributed by atoms with Crippen molar-refractivity contribution < 1.29 is 8.42 Å². The van der Waals surface area contributed by atoms with E-state index in [0.29, 0.717) is 18.8 Å². The summed E-state index contributed by atoms with van der Waals surface area (Å²) in [5, 5.41) is 3.18. The molecular weight excluding hydrogens is 254 g/mol. The molecule has 2 rings (SSSR count). The van der Waals surface area contributed by atoms with E-state index in [-0.39, 0.29) is 17.5 Å². The minimum Gasteiger partial charge on any atom is -0.309 e. The third-order valence-corrected chi connectivity index (χ3v) is 3.90. The topological polar surface area (TPSA) is 73.1 Å². The van der Waals surface area contributed by atoms with E-state index in [1.54, 1.807) is 9.13 Å². The molecule has 2 heterocycles. The van der Waals surface area contributed by atoms with Crippen LogP contribution in [0.5, 0.6) is 0 Å². The quantitative estimate of drug-likeness (QED) is 0.833. The van der Waals surface area contributed by atoms with Gasteiger partial charge < -0.3 is 5.32 Å². The van der Waals surface area contributed by atoms with Gasteiger partial charge >= 0.3 is 5.69 Å². The van der Waals surface area contributed by atoms with Crippen molar-refractivity contribution in [3.05, 3.63) is 21.9 Å². The van der Waals surface area contributed by atoms with Crippen molar-refractivity contribution in [3.63, 3.8) is 0 Å². The van der Waals surface area contributed by atoms with Crippen molar-refractivity contribution in [3.8, 4) is 0 Å². The minimum atomic E-state index is -3.15. The highest BCUT2D eigenvalue weighted by atomic mass is 32.2. The lowest BCUT2D eigenvalue weighted by Gasteiger charge is -2.16. The Labute approximate surface area is 107 Å². The Hall–Kier alpha value is -1.08. The van der Waals surface area contributed by atoms with Gasteiger partial charge in [0.25, 0.3) is 0 Å². The lowest BCUT2D eigenvalue weighted by atomic mass is 10.2. The molecule has 0 unspecified atom stereocenters. The zero-order valence-corrected chi connectivity index (χ0v) is 11.7. The van der Waals surface area contributed by atoms with Gasteiger partial charge in [-0.3, -0.25) is 9.13 Å². The van der Waals surface area contributed by atoms with Crippen LogP contribution in [0.25, 0.3) is 0 Å². The number of rotatable bonds is 3. The van der Waals surface area contributed by atoms with Crippen molar-refractivity contribution in [2.45, 2.75) is 38.7 Å². The second-order valence-electron chi connectivity index (χ2n) is 5.04. The van der Waals surface area contributed by atoms with Crippen molar-refractivity contribution in [2.75, 3.05) is 12.8 Å². The number of nitrogens with one attached hydrogen (secondary N) is 1. The standard InChI is InChI=1S/C11H19N3O3S/c1-8(2)14-10(7-18(3,16)17)9-6-12-4-5-13(9)11(14)15/h8,12H,4-7H2,1-3H3. The van der Waals surface area contributed by atoms with Crippen LogP contribution >= 0.6 is 0 Å². The number of imidazole rings is 1. The first-order valence-electron chi connectivity index (χ1n) is 6.02. The Bertz CT molecular complexity index is 610. The van der Waals surface area contributed by atoms with Crippen LogP contribution in [0.2, 0.25) is 0 Å². The number of sulfone groups is 1. The molecule has 0 saturated heterocycles. The van der Waals surface area contributed by atoms with E-state index in [1.165, 1.54) is 6.26 Å². The maximum absolute atomic E-state index is 12.3. The molecule has 1 aliphatic rings. The fraction of sp³-hybridized carbons (Fsp3) is 0.727. The second kappa shape index (κ2) is 4.55. The molecule has 0 aliphatic carbocycles. The zero-order valence-electron chi connectivity index (χ0n) is 10.9. The van der Waals surface area contributed by atoms with Gasteiger partial charge in [-0.25, -0.2) is 13.2 Å². The predicted octanol–water partition coefficient (Wildman–Crippen LogP) is -0.121. The maximum atomic E-state index is 12.3. The molecule has 1 aromatic rings. The van der Waals surface area contributed by atoms with E-state index in [0.717, 1.165) is 12.2 Å². The van der Waals surface area contributed by atoms with Crippen molar-refractivity contribution in [2.24, 2.45) is 0 Å².